The molecule has 3 aromatic rings. The molecule has 3 heterocycles. The zero-order chi connectivity index (χ0) is 23.2. The third kappa shape index (κ3) is 8.06. The normalized spacial score (nSPS) is 11.9. The quantitative estimate of drug-likeness (QED) is 0.438. The number of rotatable bonds is 10. The van der Waals surface area contributed by atoms with Crippen molar-refractivity contribution in [1.82, 2.24) is 25.5 Å². The first kappa shape index (κ1) is 24.9. The van der Waals surface area contributed by atoms with Gasteiger partial charge in [-0.3, -0.25) is 14.8 Å². The molecule has 3 rings (SSSR count). The van der Waals surface area contributed by atoms with Crippen LogP contribution in [0, 0.1) is 12.8 Å². The van der Waals surface area contributed by atoms with Gasteiger partial charge in [-0.05, 0) is 56.9 Å². The number of unbranched alkanes of at least 4 members (excludes halogenated alkanes) is 1. The molecule has 0 saturated heterocycles. The van der Waals surface area contributed by atoms with Crippen LogP contribution in [0.25, 0.3) is 11.5 Å². The van der Waals surface area contributed by atoms with E-state index in [-0.39, 0.29) is 0 Å². The number of pyridine rings is 2. The Bertz CT molecular complexity index is 969. The Morgan fingerprint density at radius 3 is 2.62 bits per heavy atom. The predicted octanol–water partition coefficient (Wildman–Crippen LogP) is 5.20. The zero-order valence-electron chi connectivity index (χ0n) is 19.4. The van der Waals surface area contributed by atoms with Crippen LogP contribution in [0.15, 0.2) is 58.9 Å². The second-order valence-electron chi connectivity index (χ2n) is 7.44. The molecule has 32 heavy (non-hydrogen) atoms. The van der Waals surface area contributed by atoms with Crippen LogP contribution in [0.5, 0.6) is 0 Å². The second kappa shape index (κ2) is 13.9. The van der Waals surface area contributed by atoms with Gasteiger partial charge in [-0.2, -0.15) is 0 Å². The Balaban J connectivity index is 0.000000336. The maximum absolute atomic E-state index is 10.1. The van der Waals surface area contributed by atoms with Gasteiger partial charge in [-0.25, -0.2) is 0 Å². The van der Waals surface area contributed by atoms with Gasteiger partial charge in [-0.1, -0.05) is 31.9 Å². The Hall–Kier alpha value is -3.35. The predicted molar refractivity (Wildman–Crippen MR) is 126 cm³/mol. The zero-order valence-corrected chi connectivity index (χ0v) is 19.4. The molecule has 1 N–H and O–H groups in total. The van der Waals surface area contributed by atoms with E-state index in [2.05, 4.69) is 45.4 Å². The molecule has 0 aliphatic heterocycles. The minimum absolute atomic E-state index is 0.495. The minimum Gasteiger partial charge on any atom is -0.421 e. The van der Waals surface area contributed by atoms with Crippen LogP contribution in [-0.2, 0) is 6.42 Å². The van der Waals surface area contributed by atoms with Gasteiger partial charge >= 0.3 is 0 Å². The van der Waals surface area contributed by atoms with Gasteiger partial charge in [0.05, 0.1) is 5.56 Å². The summed E-state index contributed by atoms with van der Waals surface area (Å²) in [6.07, 6.45) is 11.8. The van der Waals surface area contributed by atoms with Crippen molar-refractivity contribution in [3.8, 4) is 11.5 Å². The lowest BCUT2D eigenvalue weighted by Gasteiger charge is -2.19. The Morgan fingerprint density at radius 1 is 1.19 bits per heavy atom. The highest BCUT2D eigenvalue weighted by molar-refractivity contribution is 5.71. The van der Waals surface area contributed by atoms with Crippen molar-refractivity contribution in [2.24, 2.45) is 5.92 Å². The maximum atomic E-state index is 10.1. The van der Waals surface area contributed by atoms with Crippen molar-refractivity contribution in [2.45, 2.75) is 52.9 Å². The maximum Gasteiger partial charge on any atom is 0.249 e. The molecule has 1 atom stereocenters. The van der Waals surface area contributed by atoms with Crippen LogP contribution in [0.4, 0.5) is 0 Å². The van der Waals surface area contributed by atoms with E-state index in [9.17, 15) is 4.79 Å². The largest absolute Gasteiger partial charge is 0.421 e. The fraction of sp³-hybridized carbons (Fsp3) is 0.400. The molecule has 0 aromatic carbocycles. The van der Waals surface area contributed by atoms with E-state index in [0.717, 1.165) is 30.4 Å². The minimum atomic E-state index is 0.495. The first-order valence-electron chi connectivity index (χ1n) is 11.1. The van der Waals surface area contributed by atoms with E-state index in [1.807, 2.05) is 38.2 Å². The van der Waals surface area contributed by atoms with Gasteiger partial charge in [0.15, 0.2) is 6.29 Å². The van der Waals surface area contributed by atoms with Crippen molar-refractivity contribution in [3.63, 3.8) is 0 Å². The first-order valence-corrected chi connectivity index (χ1v) is 11.1. The topological polar surface area (TPSA) is 93.8 Å². The molecule has 0 spiro atoms. The molecule has 0 saturated carbocycles. The number of nitrogens with zero attached hydrogens (tertiary/aromatic N) is 4. The van der Waals surface area contributed by atoms with Crippen molar-refractivity contribution in [1.29, 1.82) is 0 Å². The van der Waals surface area contributed by atoms with E-state index in [0.29, 0.717) is 23.4 Å². The first-order chi connectivity index (χ1) is 15.6. The number of aromatic nitrogens is 4. The van der Waals surface area contributed by atoms with E-state index in [4.69, 9.17) is 4.42 Å². The molecule has 3 aromatic heterocycles. The SMILES string of the molecule is C/C=C(/NC)C(CCCC)CCc1nnc(-c2cccnc2)o1.Cc1cccc(C=O)n1. The summed E-state index contributed by atoms with van der Waals surface area (Å²) in [5, 5.41) is 11.6. The highest BCUT2D eigenvalue weighted by Gasteiger charge is 2.15. The molecule has 0 fully saturated rings. The van der Waals surface area contributed by atoms with E-state index in [1.165, 1.54) is 25.0 Å². The van der Waals surface area contributed by atoms with Crippen molar-refractivity contribution < 1.29 is 9.21 Å². The van der Waals surface area contributed by atoms with Gasteiger partial charge in [0.1, 0.15) is 5.69 Å². The average Bonchev–Trinajstić information content (AvgIpc) is 3.31. The summed E-state index contributed by atoms with van der Waals surface area (Å²) in [5.41, 5.74) is 3.53. The summed E-state index contributed by atoms with van der Waals surface area (Å²) >= 11 is 0. The van der Waals surface area contributed by atoms with Crippen LogP contribution in [0.2, 0.25) is 0 Å². The molecule has 0 aliphatic rings. The van der Waals surface area contributed by atoms with Gasteiger partial charge in [0.25, 0.3) is 0 Å². The van der Waals surface area contributed by atoms with Crippen molar-refractivity contribution in [3.05, 3.63) is 71.8 Å². The number of allylic oxidation sites excluding steroid dienone is 2. The number of hydrogen-bond acceptors (Lipinski definition) is 7. The number of aldehydes is 1. The highest BCUT2D eigenvalue weighted by Crippen LogP contribution is 2.23. The molecule has 0 amide bonds. The molecule has 0 aliphatic carbocycles. The smallest absolute Gasteiger partial charge is 0.249 e. The summed E-state index contributed by atoms with van der Waals surface area (Å²) in [7, 11) is 1.99. The summed E-state index contributed by atoms with van der Waals surface area (Å²) < 4.78 is 5.77. The monoisotopic (exact) mass is 435 g/mol. The molecular weight excluding hydrogens is 402 g/mol. The standard InChI is InChI=1S/C18H26N4O.C7H7NO/c1-4-6-8-14(16(5-2)19-3)10-11-17-21-22-18(23-17)15-9-7-12-20-13-15;1-6-3-2-4-7(5-9)8-6/h5,7,9,12-14,19H,4,6,8,10-11H2,1-3H3;2-5H,1H3/b16-5+;. The summed E-state index contributed by atoms with van der Waals surface area (Å²) in [5.74, 6) is 1.74. The lowest BCUT2D eigenvalue weighted by atomic mass is 9.93. The summed E-state index contributed by atoms with van der Waals surface area (Å²) in [4.78, 5) is 18.1. The Labute approximate surface area is 190 Å². The molecule has 1 unspecified atom stereocenters. The number of nitrogens with one attached hydrogen (secondary N) is 1. The van der Waals surface area contributed by atoms with Crippen LogP contribution >= 0.6 is 0 Å². The van der Waals surface area contributed by atoms with Crippen LogP contribution in [-0.4, -0.2) is 33.5 Å². The third-order valence-electron chi connectivity index (χ3n) is 5.06. The van der Waals surface area contributed by atoms with Gasteiger partial charge < -0.3 is 9.73 Å². The van der Waals surface area contributed by atoms with Gasteiger partial charge in [0.2, 0.25) is 11.8 Å². The summed E-state index contributed by atoms with van der Waals surface area (Å²) in [6.45, 7) is 6.16. The van der Waals surface area contributed by atoms with Crippen LogP contribution in [0.3, 0.4) is 0 Å². The fourth-order valence-corrected chi connectivity index (χ4v) is 3.38. The lowest BCUT2D eigenvalue weighted by molar-refractivity contribution is 0.111. The van der Waals surface area contributed by atoms with Crippen LogP contribution < -0.4 is 5.32 Å². The van der Waals surface area contributed by atoms with Gasteiger partial charge in [0, 0.05) is 37.3 Å². The van der Waals surface area contributed by atoms with E-state index >= 15 is 0 Å². The molecule has 7 heteroatoms. The number of carbonyl (C=O) groups is 1. The molecular formula is C25H33N5O2. The Kier molecular flexibility index (Phi) is 10.8. The average molecular weight is 436 g/mol. The van der Waals surface area contributed by atoms with Crippen molar-refractivity contribution >= 4 is 6.29 Å². The number of hydrogen-bond donors (Lipinski definition) is 1. The number of carbonyl (C=O) groups excluding carboxylic acids is 1. The molecule has 170 valence electrons. The second-order valence-corrected chi connectivity index (χ2v) is 7.44. The summed E-state index contributed by atoms with van der Waals surface area (Å²) in [6, 6.07) is 9.14. The highest BCUT2D eigenvalue weighted by atomic mass is 16.4. The van der Waals surface area contributed by atoms with Gasteiger partial charge in [-0.15, -0.1) is 10.2 Å². The lowest BCUT2D eigenvalue weighted by Crippen LogP contribution is -2.17. The Morgan fingerprint density at radius 2 is 2.03 bits per heavy atom. The number of aryl methyl sites for hydroxylation is 2. The molecule has 0 radical (unpaired) electrons. The molecule has 7 nitrogen and oxygen atoms in total. The fourth-order valence-electron chi connectivity index (χ4n) is 3.38. The third-order valence-corrected chi connectivity index (χ3v) is 5.06. The van der Waals surface area contributed by atoms with Crippen molar-refractivity contribution in [2.75, 3.05) is 7.05 Å². The van der Waals surface area contributed by atoms with E-state index < -0.39 is 0 Å². The molecule has 0 bridgehead atoms. The van der Waals surface area contributed by atoms with Crippen LogP contribution in [0.1, 0.15) is 61.6 Å². The van der Waals surface area contributed by atoms with E-state index in [1.54, 1.807) is 18.5 Å².